The molecule has 1 aromatic rings. The van der Waals surface area contributed by atoms with Gasteiger partial charge in [0, 0.05) is 35.8 Å². The fourth-order valence-electron chi connectivity index (χ4n) is 4.78. The van der Waals surface area contributed by atoms with Gasteiger partial charge in [0.25, 0.3) is 5.91 Å². The summed E-state index contributed by atoms with van der Waals surface area (Å²) < 4.78 is 0. The van der Waals surface area contributed by atoms with Crippen LogP contribution >= 0.6 is 11.3 Å². The van der Waals surface area contributed by atoms with E-state index in [1.807, 2.05) is 25.9 Å². The lowest BCUT2D eigenvalue weighted by Crippen LogP contribution is -2.36. The van der Waals surface area contributed by atoms with E-state index in [0.717, 1.165) is 61.2 Å². The molecule has 0 aliphatic carbocycles. The van der Waals surface area contributed by atoms with Gasteiger partial charge in [-0.25, -0.2) is 0 Å². The fraction of sp³-hybridized carbons (Fsp3) is 0.677. The van der Waals surface area contributed by atoms with E-state index >= 15 is 0 Å². The van der Waals surface area contributed by atoms with Gasteiger partial charge in [0.1, 0.15) is 0 Å². The quantitative estimate of drug-likeness (QED) is 0.164. The third-order valence-corrected chi connectivity index (χ3v) is 8.13. The van der Waals surface area contributed by atoms with Crippen molar-refractivity contribution in [3.05, 3.63) is 45.2 Å². The molecule has 0 radical (unpaired) electrons. The average Bonchev–Trinajstić information content (AvgIpc) is 3.20. The number of fused-ring (bicyclic) bond motifs is 1. The molecule has 1 aliphatic heterocycles. The van der Waals surface area contributed by atoms with Crippen LogP contribution < -0.4 is 5.32 Å². The minimum absolute atomic E-state index is 0.0294. The van der Waals surface area contributed by atoms with Crippen molar-refractivity contribution in [2.75, 3.05) is 33.7 Å². The van der Waals surface area contributed by atoms with Crippen LogP contribution in [0.25, 0.3) is 0 Å². The number of carbonyl (C=O) groups excluding carboxylic acids is 2. The lowest BCUT2D eigenvalue weighted by Gasteiger charge is -2.27. The van der Waals surface area contributed by atoms with Gasteiger partial charge in [0.15, 0.2) is 0 Å². The van der Waals surface area contributed by atoms with Crippen LogP contribution in [-0.2, 0) is 17.8 Å². The lowest BCUT2D eigenvalue weighted by atomic mass is 10.0. The van der Waals surface area contributed by atoms with Gasteiger partial charge in [-0.2, -0.15) is 0 Å². The van der Waals surface area contributed by atoms with E-state index in [1.54, 1.807) is 11.3 Å². The van der Waals surface area contributed by atoms with Crippen LogP contribution in [-0.4, -0.2) is 55.3 Å². The van der Waals surface area contributed by atoms with Crippen LogP contribution in [0.2, 0.25) is 0 Å². The zero-order valence-electron chi connectivity index (χ0n) is 23.9. The average molecular weight is 530 g/mol. The summed E-state index contributed by atoms with van der Waals surface area (Å²) in [6, 6.07) is 0. The van der Waals surface area contributed by atoms with Gasteiger partial charge in [-0.1, -0.05) is 63.3 Å². The third kappa shape index (κ3) is 12.0. The topological polar surface area (TPSA) is 52.7 Å². The second kappa shape index (κ2) is 18.4. The van der Waals surface area contributed by atoms with E-state index in [9.17, 15) is 9.59 Å². The van der Waals surface area contributed by atoms with Crippen LogP contribution in [0.1, 0.15) is 110 Å². The van der Waals surface area contributed by atoms with Gasteiger partial charge >= 0.3 is 0 Å². The first kappa shape index (κ1) is 31.3. The summed E-state index contributed by atoms with van der Waals surface area (Å²) in [5.41, 5.74) is 2.01. The van der Waals surface area contributed by atoms with Gasteiger partial charge < -0.3 is 15.1 Å². The van der Waals surface area contributed by atoms with Crippen LogP contribution in [0.5, 0.6) is 0 Å². The molecule has 6 heteroatoms. The third-order valence-electron chi connectivity index (χ3n) is 7.00. The summed E-state index contributed by atoms with van der Waals surface area (Å²) in [6.07, 6.45) is 23.8. The Bertz CT molecular complexity index is 872. The maximum Gasteiger partial charge on any atom is 0.252 e. The Labute approximate surface area is 230 Å². The first-order chi connectivity index (χ1) is 17.9. The summed E-state index contributed by atoms with van der Waals surface area (Å²) in [6.45, 7) is 7.13. The molecule has 5 nitrogen and oxygen atoms in total. The highest BCUT2D eigenvalue weighted by Crippen LogP contribution is 2.33. The molecule has 0 bridgehead atoms. The molecule has 0 unspecified atom stereocenters. The van der Waals surface area contributed by atoms with Crippen molar-refractivity contribution in [1.82, 2.24) is 15.1 Å². The Hall–Kier alpha value is -1.92. The molecular weight excluding hydrogens is 478 g/mol. The summed E-state index contributed by atoms with van der Waals surface area (Å²) in [5.74, 6) is 0.293. The van der Waals surface area contributed by atoms with E-state index in [0.29, 0.717) is 19.5 Å². The van der Waals surface area contributed by atoms with Crippen LogP contribution in [0, 0.1) is 6.92 Å². The molecule has 1 N–H and O–H groups in total. The molecule has 2 amide bonds. The van der Waals surface area contributed by atoms with Gasteiger partial charge in [-0.05, 0) is 71.5 Å². The number of allylic oxidation sites excluding steroid dienone is 4. The van der Waals surface area contributed by atoms with E-state index in [2.05, 4.69) is 41.4 Å². The molecule has 37 heavy (non-hydrogen) atoms. The molecule has 2 heterocycles. The van der Waals surface area contributed by atoms with E-state index in [4.69, 9.17) is 0 Å². The largest absolute Gasteiger partial charge is 0.351 e. The van der Waals surface area contributed by atoms with Crippen molar-refractivity contribution >= 4 is 23.2 Å². The normalized spacial score (nSPS) is 13.7. The molecule has 0 atom stereocenters. The van der Waals surface area contributed by atoms with Crippen molar-refractivity contribution < 1.29 is 9.59 Å². The van der Waals surface area contributed by atoms with E-state index in [-0.39, 0.29) is 11.8 Å². The number of hydrogen-bond acceptors (Lipinski definition) is 4. The van der Waals surface area contributed by atoms with Crippen LogP contribution in [0.4, 0.5) is 0 Å². The number of rotatable bonds is 18. The van der Waals surface area contributed by atoms with Crippen molar-refractivity contribution in [3.8, 4) is 0 Å². The zero-order valence-corrected chi connectivity index (χ0v) is 24.8. The monoisotopic (exact) mass is 529 g/mol. The number of unbranched alkanes of at least 4 members (excludes halogenated alkanes) is 8. The van der Waals surface area contributed by atoms with Crippen molar-refractivity contribution in [3.63, 3.8) is 0 Å². The minimum atomic E-state index is 0.0294. The summed E-state index contributed by atoms with van der Waals surface area (Å²) >= 11 is 1.68. The smallest absolute Gasteiger partial charge is 0.252 e. The highest BCUT2D eigenvalue weighted by atomic mass is 32.1. The molecule has 1 aliphatic rings. The van der Waals surface area contributed by atoms with E-state index < -0.39 is 0 Å². The molecular formula is C31H51N3O2S. The Morgan fingerprint density at radius 1 is 0.973 bits per heavy atom. The summed E-state index contributed by atoms with van der Waals surface area (Å²) in [4.78, 5) is 31.9. The number of hydrogen-bond donors (Lipinski definition) is 1. The highest BCUT2D eigenvalue weighted by molar-refractivity contribution is 7.12. The Morgan fingerprint density at radius 2 is 1.65 bits per heavy atom. The Kier molecular flexibility index (Phi) is 15.5. The number of carbonyl (C=O) groups is 2. The molecule has 0 aromatic carbocycles. The second-order valence-corrected chi connectivity index (χ2v) is 11.8. The number of amides is 2. The fourth-order valence-corrected chi connectivity index (χ4v) is 6.01. The highest BCUT2D eigenvalue weighted by Gasteiger charge is 2.28. The van der Waals surface area contributed by atoms with E-state index in [1.165, 1.54) is 49.8 Å². The maximum atomic E-state index is 12.8. The predicted molar refractivity (Wildman–Crippen MR) is 158 cm³/mol. The first-order valence-corrected chi connectivity index (χ1v) is 15.4. The molecule has 0 saturated carbocycles. The van der Waals surface area contributed by atoms with Gasteiger partial charge in [-0.3, -0.25) is 9.59 Å². The summed E-state index contributed by atoms with van der Waals surface area (Å²) in [7, 11) is 4.01. The minimum Gasteiger partial charge on any atom is -0.351 e. The number of nitrogens with zero attached hydrogens (tertiary/aromatic N) is 2. The van der Waals surface area contributed by atoms with Crippen molar-refractivity contribution in [2.45, 2.75) is 104 Å². The number of likely N-dealkylation sites (N-methyl/N-ethyl adjacent to an activating group) is 1. The predicted octanol–water partition coefficient (Wildman–Crippen LogP) is 7.05. The number of aryl methyl sites for hydroxylation is 1. The Balaban J connectivity index is 1.59. The van der Waals surface area contributed by atoms with Crippen molar-refractivity contribution in [1.29, 1.82) is 0 Å². The van der Waals surface area contributed by atoms with Gasteiger partial charge in [0.2, 0.25) is 5.91 Å². The SMILES string of the molecule is CCCCC/C=C\C/C=C\CCCCCCCC(=O)N1CCc2c(sc(C)c2C(=O)NCCN(C)C)C1. The summed E-state index contributed by atoms with van der Waals surface area (Å²) in [5, 5.41) is 3.05. The van der Waals surface area contributed by atoms with Crippen LogP contribution in [0.3, 0.4) is 0 Å². The van der Waals surface area contributed by atoms with Gasteiger partial charge in [0.05, 0.1) is 12.1 Å². The number of thiophene rings is 1. The first-order valence-electron chi connectivity index (χ1n) is 14.6. The lowest BCUT2D eigenvalue weighted by molar-refractivity contribution is -0.132. The molecule has 2 rings (SSSR count). The zero-order chi connectivity index (χ0) is 26.9. The molecule has 0 spiro atoms. The van der Waals surface area contributed by atoms with Gasteiger partial charge in [-0.15, -0.1) is 11.3 Å². The standard InChI is InChI=1S/C31H51N3O2S/c1-5-6-7-8-9-10-11-12-13-14-15-16-17-18-19-20-29(35)34-23-21-27-28(25-34)37-26(2)30(27)31(36)32-22-24-33(3)4/h9-10,12-13H,5-8,11,14-25H2,1-4H3,(H,32,36)/b10-9-,13-12-. The number of nitrogens with one attached hydrogen (secondary N) is 1. The van der Waals surface area contributed by atoms with Crippen LogP contribution in [0.15, 0.2) is 24.3 Å². The van der Waals surface area contributed by atoms with Crippen molar-refractivity contribution in [2.24, 2.45) is 0 Å². The molecule has 0 fully saturated rings. The maximum absolute atomic E-state index is 12.8. The molecule has 1 aromatic heterocycles. The Morgan fingerprint density at radius 3 is 2.35 bits per heavy atom. The molecule has 0 saturated heterocycles. The second-order valence-electron chi connectivity index (χ2n) is 10.5. The molecule has 208 valence electrons.